The van der Waals surface area contributed by atoms with Crippen molar-refractivity contribution in [3.05, 3.63) is 35.9 Å². The predicted molar refractivity (Wildman–Crippen MR) is 106 cm³/mol. The normalized spacial score (nSPS) is 23.3. The Morgan fingerprint density at radius 2 is 1.88 bits per heavy atom. The fourth-order valence-corrected chi connectivity index (χ4v) is 4.39. The standard InChI is InChI=1S/C20H27N3O2S/c26-19(21-17-9-5-2-6-10-17)24-23-13-11-20(12-14-23)15-18(22-25-20)16-7-3-1-4-8-16/h1,3-4,7-8,17H,2,5-6,9-15H2,(H,21,26). The van der Waals surface area contributed by atoms with Crippen LogP contribution >= 0.6 is 12.2 Å². The van der Waals surface area contributed by atoms with Crippen LogP contribution in [-0.2, 0) is 9.68 Å². The van der Waals surface area contributed by atoms with Crippen molar-refractivity contribution in [2.45, 2.75) is 63.0 Å². The van der Waals surface area contributed by atoms with Crippen molar-refractivity contribution in [3.63, 3.8) is 0 Å². The molecular weight excluding hydrogens is 346 g/mol. The molecule has 3 aliphatic rings. The van der Waals surface area contributed by atoms with Crippen LogP contribution in [0.25, 0.3) is 0 Å². The molecule has 0 aromatic heterocycles. The van der Waals surface area contributed by atoms with Crippen LogP contribution in [0.5, 0.6) is 0 Å². The third-order valence-electron chi connectivity index (χ3n) is 5.72. The van der Waals surface area contributed by atoms with Gasteiger partial charge >= 0.3 is 0 Å². The molecular formula is C20H27N3O2S. The van der Waals surface area contributed by atoms with Crippen LogP contribution in [0.1, 0.15) is 56.9 Å². The first-order valence-corrected chi connectivity index (χ1v) is 10.2. The molecule has 4 rings (SSSR count). The molecule has 0 atom stereocenters. The summed E-state index contributed by atoms with van der Waals surface area (Å²) in [6.07, 6.45) is 8.97. The van der Waals surface area contributed by atoms with Gasteiger partial charge in [-0.1, -0.05) is 54.8 Å². The largest absolute Gasteiger partial charge is 0.388 e. The van der Waals surface area contributed by atoms with E-state index >= 15 is 0 Å². The molecule has 2 fully saturated rings. The number of piperidine rings is 1. The van der Waals surface area contributed by atoms with E-state index in [0.717, 1.165) is 43.6 Å². The second-order valence-corrected chi connectivity index (χ2v) is 8.01. The molecule has 2 heterocycles. The van der Waals surface area contributed by atoms with E-state index in [4.69, 9.17) is 21.9 Å². The molecule has 2 aliphatic heterocycles. The highest BCUT2D eigenvalue weighted by Gasteiger charge is 2.43. The maximum Gasteiger partial charge on any atom is 0.278 e. The second-order valence-electron chi connectivity index (χ2n) is 7.64. The highest BCUT2D eigenvalue weighted by Crippen LogP contribution is 2.36. The van der Waals surface area contributed by atoms with E-state index in [1.807, 2.05) is 23.3 Å². The topological polar surface area (TPSA) is 46.1 Å². The van der Waals surface area contributed by atoms with Gasteiger partial charge in [-0.3, -0.25) is 0 Å². The number of nitrogens with one attached hydrogen (secondary N) is 1. The Labute approximate surface area is 160 Å². The van der Waals surface area contributed by atoms with Gasteiger partial charge in [-0.05, 0) is 30.6 Å². The average molecular weight is 374 g/mol. The summed E-state index contributed by atoms with van der Waals surface area (Å²) in [7, 11) is 0. The molecule has 1 saturated carbocycles. The third-order valence-corrected chi connectivity index (χ3v) is 5.91. The zero-order valence-electron chi connectivity index (χ0n) is 15.2. The number of nitrogens with zero attached hydrogens (tertiary/aromatic N) is 2. The van der Waals surface area contributed by atoms with Crippen LogP contribution in [0.15, 0.2) is 35.5 Å². The van der Waals surface area contributed by atoms with Gasteiger partial charge in [0, 0.05) is 38.4 Å². The molecule has 1 aromatic carbocycles. The number of hydroxylamine groups is 2. The summed E-state index contributed by atoms with van der Waals surface area (Å²) in [5.41, 5.74) is 2.03. The Bertz CT molecular complexity index is 650. The van der Waals surface area contributed by atoms with E-state index in [1.54, 1.807) is 0 Å². The summed E-state index contributed by atoms with van der Waals surface area (Å²) in [6, 6.07) is 10.8. The van der Waals surface area contributed by atoms with Crippen molar-refractivity contribution < 1.29 is 9.68 Å². The quantitative estimate of drug-likeness (QED) is 0.817. The molecule has 1 saturated heterocycles. The zero-order chi connectivity index (χ0) is 17.8. The SMILES string of the molecule is S=C(NC1CCCCC1)ON1CCC2(CC1)CC(c1ccccc1)=NO2. The molecule has 26 heavy (non-hydrogen) atoms. The minimum Gasteiger partial charge on any atom is -0.388 e. The maximum atomic E-state index is 5.88. The lowest BCUT2D eigenvalue weighted by atomic mass is 9.86. The van der Waals surface area contributed by atoms with Crippen molar-refractivity contribution >= 4 is 23.1 Å². The van der Waals surface area contributed by atoms with Crippen molar-refractivity contribution in [2.24, 2.45) is 5.16 Å². The molecule has 1 N–H and O–H groups in total. The average Bonchev–Trinajstić information content (AvgIpc) is 3.09. The Morgan fingerprint density at radius 3 is 2.62 bits per heavy atom. The molecule has 6 heteroatoms. The predicted octanol–water partition coefficient (Wildman–Crippen LogP) is 3.78. The third kappa shape index (κ3) is 4.18. The number of benzene rings is 1. The Morgan fingerprint density at radius 1 is 1.15 bits per heavy atom. The molecule has 0 unspecified atom stereocenters. The van der Waals surface area contributed by atoms with Crippen molar-refractivity contribution in [3.8, 4) is 0 Å². The van der Waals surface area contributed by atoms with Crippen LogP contribution in [-0.4, -0.2) is 40.7 Å². The minimum atomic E-state index is -0.177. The van der Waals surface area contributed by atoms with Gasteiger partial charge in [-0.25, -0.2) is 0 Å². The highest BCUT2D eigenvalue weighted by atomic mass is 32.1. The molecule has 1 aromatic rings. The van der Waals surface area contributed by atoms with Crippen LogP contribution < -0.4 is 5.32 Å². The van der Waals surface area contributed by atoms with E-state index in [-0.39, 0.29) is 5.60 Å². The molecule has 140 valence electrons. The van der Waals surface area contributed by atoms with Crippen LogP contribution in [0.3, 0.4) is 0 Å². The van der Waals surface area contributed by atoms with E-state index in [2.05, 4.69) is 22.6 Å². The van der Waals surface area contributed by atoms with Crippen molar-refractivity contribution in [2.75, 3.05) is 13.1 Å². The first kappa shape index (κ1) is 17.7. The summed E-state index contributed by atoms with van der Waals surface area (Å²) in [4.78, 5) is 11.7. The van der Waals surface area contributed by atoms with E-state index in [9.17, 15) is 0 Å². The van der Waals surface area contributed by atoms with Gasteiger partial charge in [0.2, 0.25) is 0 Å². The summed E-state index contributed by atoms with van der Waals surface area (Å²) in [5, 5.41) is 10.2. The molecule has 0 bridgehead atoms. The minimum absolute atomic E-state index is 0.177. The monoisotopic (exact) mass is 373 g/mol. The highest BCUT2D eigenvalue weighted by molar-refractivity contribution is 7.80. The Hall–Kier alpha value is -1.66. The molecule has 1 spiro atoms. The van der Waals surface area contributed by atoms with Crippen LogP contribution in [0.2, 0.25) is 0 Å². The van der Waals surface area contributed by atoms with Crippen molar-refractivity contribution in [1.82, 2.24) is 10.4 Å². The lowest BCUT2D eigenvalue weighted by Crippen LogP contribution is -2.47. The Kier molecular flexibility index (Phi) is 5.41. The first-order chi connectivity index (χ1) is 12.7. The summed E-state index contributed by atoms with van der Waals surface area (Å²) < 4.78 is 0. The van der Waals surface area contributed by atoms with Gasteiger partial charge in [-0.2, -0.15) is 0 Å². The van der Waals surface area contributed by atoms with Gasteiger partial charge < -0.3 is 15.0 Å². The van der Waals surface area contributed by atoms with Gasteiger partial charge in [0.1, 0.15) is 5.60 Å². The second kappa shape index (κ2) is 7.92. The van der Waals surface area contributed by atoms with E-state index in [1.165, 1.54) is 32.1 Å². The lowest BCUT2D eigenvalue weighted by molar-refractivity contribution is -0.145. The fourth-order valence-electron chi connectivity index (χ4n) is 4.12. The van der Waals surface area contributed by atoms with Gasteiger partial charge in [-0.15, -0.1) is 5.06 Å². The summed E-state index contributed by atoms with van der Waals surface area (Å²) >= 11 is 5.40. The van der Waals surface area contributed by atoms with Crippen LogP contribution in [0.4, 0.5) is 0 Å². The number of thiocarbonyl (C=S) groups is 1. The molecule has 0 amide bonds. The summed E-state index contributed by atoms with van der Waals surface area (Å²) in [5.74, 6) is 0. The number of hydrogen-bond donors (Lipinski definition) is 1. The van der Waals surface area contributed by atoms with Gasteiger partial charge in [0.25, 0.3) is 5.17 Å². The van der Waals surface area contributed by atoms with E-state index < -0.39 is 0 Å². The summed E-state index contributed by atoms with van der Waals surface area (Å²) in [6.45, 7) is 1.62. The smallest absolute Gasteiger partial charge is 0.278 e. The van der Waals surface area contributed by atoms with Gasteiger partial charge in [0.15, 0.2) is 0 Å². The molecule has 5 nitrogen and oxygen atoms in total. The van der Waals surface area contributed by atoms with E-state index in [0.29, 0.717) is 11.2 Å². The van der Waals surface area contributed by atoms with Crippen molar-refractivity contribution in [1.29, 1.82) is 0 Å². The lowest BCUT2D eigenvalue weighted by Gasteiger charge is -2.36. The zero-order valence-corrected chi connectivity index (χ0v) is 16.0. The molecule has 1 aliphatic carbocycles. The van der Waals surface area contributed by atoms with Gasteiger partial charge in [0.05, 0.1) is 5.71 Å². The molecule has 0 radical (unpaired) electrons. The number of oxime groups is 1. The first-order valence-electron chi connectivity index (χ1n) is 9.76. The Balaban J connectivity index is 1.24. The maximum absolute atomic E-state index is 5.88. The fraction of sp³-hybridized carbons (Fsp3) is 0.600. The number of hydrogen-bond acceptors (Lipinski definition) is 5. The number of rotatable bonds is 3. The van der Waals surface area contributed by atoms with Crippen LogP contribution in [0, 0.1) is 0 Å².